The van der Waals surface area contributed by atoms with Gasteiger partial charge in [-0.1, -0.05) is 74.8 Å². The summed E-state index contributed by atoms with van der Waals surface area (Å²) in [6, 6.07) is 13.0. The molecule has 5 nitrogen and oxygen atoms in total. The molecule has 0 bridgehead atoms. The second-order valence-electron chi connectivity index (χ2n) is 7.78. The van der Waals surface area contributed by atoms with Crippen molar-refractivity contribution in [2.24, 2.45) is 0 Å². The van der Waals surface area contributed by atoms with Gasteiger partial charge in [0, 0.05) is 5.56 Å². The van der Waals surface area contributed by atoms with E-state index in [9.17, 15) is 4.79 Å². The number of benzene rings is 2. The first kappa shape index (κ1) is 22.7. The third-order valence-corrected chi connectivity index (χ3v) is 6.11. The summed E-state index contributed by atoms with van der Waals surface area (Å²) >= 11 is 13.8. The van der Waals surface area contributed by atoms with E-state index in [1.165, 1.54) is 5.56 Å². The summed E-state index contributed by atoms with van der Waals surface area (Å²) in [6.45, 7) is 8.70. The Balaban J connectivity index is 1.81. The quantitative estimate of drug-likeness (QED) is 0.462. The van der Waals surface area contributed by atoms with Crippen LogP contribution in [0.15, 0.2) is 47.6 Å². The van der Waals surface area contributed by atoms with Crippen molar-refractivity contribution < 1.29 is 4.79 Å². The van der Waals surface area contributed by atoms with Crippen molar-refractivity contribution in [3.05, 3.63) is 69.5 Å². The number of hydrogen-bond acceptors (Lipinski definition) is 4. The van der Waals surface area contributed by atoms with Gasteiger partial charge >= 0.3 is 0 Å². The van der Waals surface area contributed by atoms with Crippen molar-refractivity contribution >= 4 is 40.9 Å². The first-order valence-corrected chi connectivity index (χ1v) is 11.4. The van der Waals surface area contributed by atoms with E-state index in [1.807, 2.05) is 41.8 Å². The van der Waals surface area contributed by atoms with Crippen molar-refractivity contribution in [1.82, 2.24) is 20.1 Å². The zero-order chi connectivity index (χ0) is 21.9. The zero-order valence-electron chi connectivity index (χ0n) is 17.4. The Labute approximate surface area is 191 Å². The maximum absolute atomic E-state index is 12.6. The summed E-state index contributed by atoms with van der Waals surface area (Å²) < 4.78 is 1.89. The van der Waals surface area contributed by atoms with Crippen LogP contribution in [0.3, 0.4) is 0 Å². The van der Waals surface area contributed by atoms with Gasteiger partial charge in [-0.25, -0.2) is 0 Å². The SMILES string of the molecule is CCSc1nnc(CNC(=O)c2ccc(C(C)(C)C)cc2)n1-c1ccc(Cl)c(Cl)c1. The Morgan fingerprint density at radius 3 is 2.37 bits per heavy atom. The Morgan fingerprint density at radius 2 is 1.77 bits per heavy atom. The van der Waals surface area contributed by atoms with Gasteiger partial charge < -0.3 is 5.32 Å². The van der Waals surface area contributed by atoms with E-state index in [2.05, 4.69) is 36.3 Å². The fraction of sp³-hybridized carbons (Fsp3) is 0.318. The van der Waals surface area contributed by atoms with Gasteiger partial charge in [0.15, 0.2) is 11.0 Å². The molecule has 8 heteroatoms. The average molecular weight is 463 g/mol. The molecule has 0 saturated heterocycles. The molecular weight excluding hydrogens is 439 g/mol. The molecule has 1 heterocycles. The van der Waals surface area contributed by atoms with Crippen molar-refractivity contribution in [3.63, 3.8) is 0 Å². The molecule has 1 N–H and O–H groups in total. The predicted molar refractivity (Wildman–Crippen MR) is 124 cm³/mol. The lowest BCUT2D eigenvalue weighted by Gasteiger charge is -2.19. The van der Waals surface area contributed by atoms with Gasteiger partial charge in [0.2, 0.25) is 0 Å². The lowest BCUT2D eigenvalue weighted by atomic mass is 9.87. The Bertz CT molecular complexity index is 1040. The molecule has 1 amide bonds. The van der Waals surface area contributed by atoms with Crippen LogP contribution in [0.5, 0.6) is 0 Å². The maximum atomic E-state index is 12.6. The van der Waals surface area contributed by atoms with Gasteiger partial charge in [-0.3, -0.25) is 9.36 Å². The van der Waals surface area contributed by atoms with Crippen molar-refractivity contribution in [3.8, 4) is 5.69 Å². The summed E-state index contributed by atoms with van der Waals surface area (Å²) in [4.78, 5) is 12.6. The molecule has 0 aliphatic heterocycles. The van der Waals surface area contributed by atoms with Crippen molar-refractivity contribution in [1.29, 1.82) is 0 Å². The standard InChI is InChI=1S/C22H24Cl2N4OS/c1-5-30-21-27-26-19(28(21)16-10-11-17(23)18(24)12-16)13-25-20(29)14-6-8-15(9-7-14)22(2,3)4/h6-12H,5,13H2,1-4H3,(H,25,29). The van der Waals surface area contributed by atoms with Crippen LogP contribution in [0.1, 0.15) is 49.4 Å². The summed E-state index contributed by atoms with van der Waals surface area (Å²) in [5.74, 6) is 1.29. The maximum Gasteiger partial charge on any atom is 0.251 e. The average Bonchev–Trinajstić information content (AvgIpc) is 3.10. The first-order valence-electron chi connectivity index (χ1n) is 9.62. The van der Waals surface area contributed by atoms with Gasteiger partial charge in [0.1, 0.15) is 0 Å². The molecule has 30 heavy (non-hydrogen) atoms. The van der Waals surface area contributed by atoms with Crippen molar-refractivity contribution in [2.45, 2.75) is 44.8 Å². The Hall–Kier alpha value is -2.02. The molecule has 0 radical (unpaired) electrons. The molecule has 1 aromatic heterocycles. The van der Waals surface area contributed by atoms with Crippen LogP contribution in [-0.2, 0) is 12.0 Å². The smallest absolute Gasteiger partial charge is 0.251 e. The molecule has 2 aromatic carbocycles. The number of nitrogens with zero attached hydrogens (tertiary/aromatic N) is 3. The number of thioether (sulfide) groups is 1. The Morgan fingerprint density at radius 1 is 1.07 bits per heavy atom. The van der Waals surface area contributed by atoms with Gasteiger partial charge in [-0.15, -0.1) is 10.2 Å². The summed E-state index contributed by atoms with van der Waals surface area (Å²) in [5.41, 5.74) is 2.62. The monoisotopic (exact) mass is 462 g/mol. The number of rotatable bonds is 6. The highest BCUT2D eigenvalue weighted by molar-refractivity contribution is 7.99. The van der Waals surface area contributed by atoms with Crippen LogP contribution >= 0.6 is 35.0 Å². The number of hydrogen-bond donors (Lipinski definition) is 1. The summed E-state index contributed by atoms with van der Waals surface area (Å²) in [6.07, 6.45) is 0. The van der Waals surface area contributed by atoms with Gasteiger partial charge in [0.05, 0.1) is 22.3 Å². The molecule has 158 valence electrons. The molecule has 0 aliphatic rings. The molecule has 0 atom stereocenters. The lowest BCUT2D eigenvalue weighted by molar-refractivity contribution is 0.0949. The number of halogens is 2. The van der Waals surface area contributed by atoms with Crippen LogP contribution in [0.25, 0.3) is 5.69 Å². The molecule has 0 unspecified atom stereocenters. The molecular formula is C22H24Cl2N4OS. The molecule has 0 aliphatic carbocycles. The number of nitrogens with one attached hydrogen (secondary N) is 1. The molecule has 3 rings (SSSR count). The number of carbonyl (C=O) groups excluding carboxylic acids is 1. The number of amides is 1. The normalized spacial score (nSPS) is 11.5. The van der Waals surface area contributed by atoms with E-state index in [0.717, 1.165) is 16.6 Å². The Kier molecular flexibility index (Phi) is 7.11. The molecule has 3 aromatic rings. The van der Waals surface area contributed by atoms with E-state index in [-0.39, 0.29) is 17.9 Å². The van der Waals surface area contributed by atoms with Crippen LogP contribution < -0.4 is 5.32 Å². The predicted octanol–water partition coefficient (Wildman–Crippen LogP) is 5.91. The number of carbonyl (C=O) groups is 1. The second-order valence-corrected chi connectivity index (χ2v) is 9.82. The fourth-order valence-corrected chi connectivity index (χ4v) is 3.89. The van der Waals surface area contributed by atoms with Crippen LogP contribution in [0.2, 0.25) is 10.0 Å². The van der Waals surface area contributed by atoms with E-state index in [4.69, 9.17) is 23.2 Å². The van der Waals surface area contributed by atoms with Gasteiger partial charge in [-0.05, 0) is 47.1 Å². The van der Waals surface area contributed by atoms with E-state index < -0.39 is 0 Å². The zero-order valence-corrected chi connectivity index (χ0v) is 19.7. The second kappa shape index (κ2) is 9.41. The van der Waals surface area contributed by atoms with E-state index in [1.54, 1.807) is 23.9 Å². The van der Waals surface area contributed by atoms with Crippen LogP contribution in [-0.4, -0.2) is 26.4 Å². The summed E-state index contributed by atoms with van der Waals surface area (Å²) in [7, 11) is 0. The third-order valence-electron chi connectivity index (χ3n) is 4.56. The highest BCUT2D eigenvalue weighted by Gasteiger charge is 2.17. The topological polar surface area (TPSA) is 59.8 Å². The minimum absolute atomic E-state index is 0.0403. The van der Waals surface area contributed by atoms with E-state index in [0.29, 0.717) is 21.4 Å². The van der Waals surface area contributed by atoms with Crippen LogP contribution in [0, 0.1) is 0 Å². The summed E-state index contributed by atoms with van der Waals surface area (Å²) in [5, 5.41) is 13.1. The lowest BCUT2D eigenvalue weighted by Crippen LogP contribution is -2.25. The van der Waals surface area contributed by atoms with Crippen molar-refractivity contribution in [2.75, 3.05) is 5.75 Å². The third kappa shape index (κ3) is 5.17. The fourth-order valence-electron chi connectivity index (χ4n) is 2.90. The highest BCUT2D eigenvalue weighted by atomic mass is 35.5. The van der Waals surface area contributed by atoms with Crippen LogP contribution in [0.4, 0.5) is 0 Å². The number of aromatic nitrogens is 3. The van der Waals surface area contributed by atoms with Gasteiger partial charge in [-0.2, -0.15) is 0 Å². The minimum atomic E-state index is -0.163. The first-order chi connectivity index (χ1) is 14.2. The largest absolute Gasteiger partial charge is 0.345 e. The molecule has 0 spiro atoms. The minimum Gasteiger partial charge on any atom is -0.345 e. The molecule has 0 saturated carbocycles. The molecule has 0 fully saturated rings. The highest BCUT2D eigenvalue weighted by Crippen LogP contribution is 2.28. The van der Waals surface area contributed by atoms with E-state index >= 15 is 0 Å². The van der Waals surface area contributed by atoms with Gasteiger partial charge in [0.25, 0.3) is 5.91 Å².